The molecule has 1 amide bonds. The third-order valence-electron chi connectivity index (χ3n) is 2.04. The maximum Gasteiger partial charge on any atom is 0.244 e. The van der Waals surface area contributed by atoms with E-state index in [-0.39, 0.29) is 5.91 Å². The maximum atomic E-state index is 11.3. The lowest BCUT2D eigenvalue weighted by molar-refractivity contribution is -0.119. The van der Waals surface area contributed by atoms with Crippen LogP contribution in [-0.2, 0) is 4.79 Å². The molecule has 0 radical (unpaired) electrons. The fraction of sp³-hybridized carbons (Fsp3) is 0.545. The zero-order chi connectivity index (χ0) is 11.2. The van der Waals surface area contributed by atoms with Crippen molar-refractivity contribution in [1.82, 2.24) is 5.32 Å². The van der Waals surface area contributed by atoms with Crippen LogP contribution in [0.5, 0.6) is 0 Å². The lowest BCUT2D eigenvalue weighted by Gasteiger charge is -2.28. The molecule has 0 aliphatic carbocycles. The van der Waals surface area contributed by atoms with Crippen LogP contribution >= 0.6 is 0 Å². The molecule has 0 aliphatic heterocycles. The highest BCUT2D eigenvalue weighted by Gasteiger charge is 2.24. The second kappa shape index (κ2) is 5.60. The predicted molar refractivity (Wildman–Crippen MR) is 57.9 cm³/mol. The SMILES string of the molecule is CC=CC=CC(=O)NC(C)(C)C(C)O. The molecule has 1 atom stereocenters. The van der Waals surface area contributed by atoms with E-state index >= 15 is 0 Å². The number of carbonyl (C=O) groups excluding carboxylic acids is 1. The summed E-state index contributed by atoms with van der Waals surface area (Å²) in [5.41, 5.74) is -0.600. The molecule has 0 aromatic heterocycles. The number of rotatable bonds is 4. The van der Waals surface area contributed by atoms with Gasteiger partial charge in [0.1, 0.15) is 0 Å². The molecule has 2 N–H and O–H groups in total. The molecule has 0 spiro atoms. The minimum atomic E-state index is -0.600. The first-order valence-corrected chi connectivity index (χ1v) is 4.69. The van der Waals surface area contributed by atoms with E-state index < -0.39 is 11.6 Å². The molecule has 0 fully saturated rings. The van der Waals surface area contributed by atoms with E-state index in [1.807, 2.05) is 13.0 Å². The van der Waals surface area contributed by atoms with Crippen molar-refractivity contribution in [3.63, 3.8) is 0 Å². The summed E-state index contributed by atoms with van der Waals surface area (Å²) in [5, 5.41) is 12.1. The number of carbonyl (C=O) groups is 1. The normalized spacial score (nSPS) is 14.9. The smallest absolute Gasteiger partial charge is 0.244 e. The Morgan fingerprint density at radius 3 is 2.43 bits per heavy atom. The first-order chi connectivity index (χ1) is 6.40. The highest BCUT2D eigenvalue weighted by molar-refractivity contribution is 5.88. The van der Waals surface area contributed by atoms with Crippen LogP contribution < -0.4 is 5.32 Å². The lowest BCUT2D eigenvalue weighted by Crippen LogP contribution is -2.50. The molecule has 3 nitrogen and oxygen atoms in total. The van der Waals surface area contributed by atoms with Gasteiger partial charge in [-0.25, -0.2) is 0 Å². The molecular weight excluding hydrogens is 178 g/mol. The van der Waals surface area contributed by atoms with Gasteiger partial charge >= 0.3 is 0 Å². The molecule has 0 bridgehead atoms. The van der Waals surface area contributed by atoms with Gasteiger partial charge in [-0.15, -0.1) is 0 Å². The first-order valence-electron chi connectivity index (χ1n) is 4.69. The van der Waals surface area contributed by atoms with Crippen LogP contribution in [0.3, 0.4) is 0 Å². The maximum absolute atomic E-state index is 11.3. The molecule has 0 aromatic carbocycles. The molecule has 0 saturated heterocycles. The van der Waals surface area contributed by atoms with Crippen LogP contribution in [0.4, 0.5) is 0 Å². The summed E-state index contributed by atoms with van der Waals surface area (Å²) in [7, 11) is 0. The van der Waals surface area contributed by atoms with Crippen molar-refractivity contribution in [2.24, 2.45) is 0 Å². The molecule has 0 heterocycles. The summed E-state index contributed by atoms with van der Waals surface area (Å²) in [4.78, 5) is 11.3. The Hall–Kier alpha value is -1.09. The van der Waals surface area contributed by atoms with Crippen molar-refractivity contribution in [2.75, 3.05) is 0 Å². The number of allylic oxidation sites excluding steroid dienone is 3. The van der Waals surface area contributed by atoms with E-state index in [9.17, 15) is 9.90 Å². The Bertz CT molecular complexity index is 240. The lowest BCUT2D eigenvalue weighted by atomic mass is 9.99. The van der Waals surface area contributed by atoms with Gasteiger partial charge < -0.3 is 10.4 Å². The molecule has 80 valence electrons. The number of hydrogen-bond acceptors (Lipinski definition) is 2. The van der Waals surface area contributed by atoms with Gasteiger partial charge in [0.25, 0.3) is 0 Å². The number of amides is 1. The number of aliphatic hydroxyl groups is 1. The molecule has 1 unspecified atom stereocenters. The van der Waals surface area contributed by atoms with E-state index in [4.69, 9.17) is 0 Å². The standard InChI is InChI=1S/C11H19NO2/c1-5-6-7-8-10(14)12-11(3,4)9(2)13/h5-9,13H,1-4H3,(H,12,14). The topological polar surface area (TPSA) is 49.3 Å². The van der Waals surface area contributed by atoms with Crippen LogP contribution in [0, 0.1) is 0 Å². The first kappa shape index (κ1) is 12.9. The molecule has 0 aliphatic rings. The Morgan fingerprint density at radius 2 is 2.00 bits per heavy atom. The minimum Gasteiger partial charge on any atom is -0.391 e. The Kier molecular flexibility index (Phi) is 5.16. The van der Waals surface area contributed by atoms with E-state index in [1.54, 1.807) is 32.9 Å². The van der Waals surface area contributed by atoms with Gasteiger partial charge in [0.05, 0.1) is 11.6 Å². The molecule has 3 heteroatoms. The highest BCUT2D eigenvalue weighted by Crippen LogP contribution is 2.07. The van der Waals surface area contributed by atoms with Crippen molar-refractivity contribution >= 4 is 5.91 Å². The highest BCUT2D eigenvalue weighted by atomic mass is 16.3. The largest absolute Gasteiger partial charge is 0.391 e. The van der Waals surface area contributed by atoms with Crippen LogP contribution in [0.15, 0.2) is 24.3 Å². The van der Waals surface area contributed by atoms with Gasteiger partial charge in [0, 0.05) is 6.08 Å². The zero-order valence-electron chi connectivity index (χ0n) is 9.24. The van der Waals surface area contributed by atoms with Gasteiger partial charge in [-0.3, -0.25) is 4.79 Å². The summed E-state index contributed by atoms with van der Waals surface area (Å²) in [6, 6.07) is 0. The fourth-order valence-electron chi connectivity index (χ4n) is 0.718. The Morgan fingerprint density at radius 1 is 1.43 bits per heavy atom. The third kappa shape index (κ3) is 4.82. The summed E-state index contributed by atoms with van der Waals surface area (Å²) in [6.07, 6.45) is 6.12. The van der Waals surface area contributed by atoms with E-state index in [0.29, 0.717) is 0 Å². The number of aliphatic hydroxyl groups excluding tert-OH is 1. The zero-order valence-corrected chi connectivity index (χ0v) is 9.24. The molecular formula is C11H19NO2. The van der Waals surface area contributed by atoms with Crippen LogP contribution in [0.25, 0.3) is 0 Å². The van der Waals surface area contributed by atoms with Gasteiger partial charge in [0.2, 0.25) is 5.91 Å². The van der Waals surface area contributed by atoms with Crippen LogP contribution in [-0.4, -0.2) is 22.7 Å². The van der Waals surface area contributed by atoms with E-state index in [2.05, 4.69) is 5.32 Å². The second-order valence-electron chi connectivity index (χ2n) is 3.77. The fourth-order valence-corrected chi connectivity index (χ4v) is 0.718. The monoisotopic (exact) mass is 197 g/mol. The van der Waals surface area contributed by atoms with Crippen LogP contribution in [0.2, 0.25) is 0 Å². The molecule has 0 saturated carbocycles. The van der Waals surface area contributed by atoms with Gasteiger partial charge in [-0.2, -0.15) is 0 Å². The second-order valence-corrected chi connectivity index (χ2v) is 3.77. The van der Waals surface area contributed by atoms with Gasteiger partial charge in [0.15, 0.2) is 0 Å². The van der Waals surface area contributed by atoms with Crippen molar-refractivity contribution in [1.29, 1.82) is 0 Å². The number of nitrogens with one attached hydrogen (secondary N) is 1. The number of hydrogen-bond donors (Lipinski definition) is 2. The van der Waals surface area contributed by atoms with Crippen molar-refractivity contribution in [3.05, 3.63) is 24.3 Å². The van der Waals surface area contributed by atoms with E-state index in [0.717, 1.165) is 0 Å². The quantitative estimate of drug-likeness (QED) is 0.528. The third-order valence-corrected chi connectivity index (χ3v) is 2.04. The molecule has 0 aromatic rings. The van der Waals surface area contributed by atoms with Crippen LogP contribution in [0.1, 0.15) is 27.7 Å². The summed E-state index contributed by atoms with van der Waals surface area (Å²) in [5.74, 6) is -0.200. The van der Waals surface area contributed by atoms with Gasteiger partial charge in [-0.1, -0.05) is 18.2 Å². The van der Waals surface area contributed by atoms with Crippen molar-refractivity contribution < 1.29 is 9.90 Å². The average Bonchev–Trinajstić information content (AvgIpc) is 2.03. The summed E-state index contributed by atoms with van der Waals surface area (Å²) in [6.45, 7) is 7.08. The van der Waals surface area contributed by atoms with Gasteiger partial charge in [-0.05, 0) is 27.7 Å². The summed E-state index contributed by atoms with van der Waals surface area (Å²) < 4.78 is 0. The van der Waals surface area contributed by atoms with E-state index in [1.165, 1.54) is 6.08 Å². The molecule has 0 rings (SSSR count). The van der Waals surface area contributed by atoms with Crippen molar-refractivity contribution in [3.8, 4) is 0 Å². The Labute approximate surface area is 85.5 Å². The Balaban J connectivity index is 4.19. The average molecular weight is 197 g/mol. The molecule has 14 heavy (non-hydrogen) atoms. The summed E-state index contributed by atoms with van der Waals surface area (Å²) >= 11 is 0. The minimum absolute atomic E-state index is 0.200. The van der Waals surface area contributed by atoms with Crippen molar-refractivity contribution in [2.45, 2.75) is 39.3 Å². The predicted octanol–water partition coefficient (Wildman–Crippen LogP) is 1.39.